The third-order valence-corrected chi connectivity index (χ3v) is 7.55. The number of carbonyl (C=O) groups is 1. The molecule has 2 aromatic carbocycles. The summed E-state index contributed by atoms with van der Waals surface area (Å²) < 4.78 is 37.0. The van der Waals surface area contributed by atoms with Crippen LogP contribution >= 0.6 is 0 Å². The number of benzene rings is 2. The van der Waals surface area contributed by atoms with Crippen LogP contribution < -0.4 is 9.47 Å². The van der Waals surface area contributed by atoms with Crippen LogP contribution in [0.15, 0.2) is 42.5 Å². The molecular weight excluding hydrogens is 435 g/mol. The van der Waals surface area contributed by atoms with E-state index in [-0.39, 0.29) is 17.7 Å². The Morgan fingerprint density at radius 3 is 2.44 bits per heavy atom. The van der Waals surface area contributed by atoms with Gasteiger partial charge in [-0.2, -0.15) is 0 Å². The van der Waals surface area contributed by atoms with E-state index < -0.39 is 5.60 Å². The maximum absolute atomic E-state index is 14.7. The molecule has 2 aliphatic carbocycles. The lowest BCUT2D eigenvalue weighted by Gasteiger charge is -2.39. The van der Waals surface area contributed by atoms with Gasteiger partial charge in [0.05, 0.1) is 32.8 Å². The number of carbonyl (C=O) groups excluding carboxylic acids is 1. The summed E-state index contributed by atoms with van der Waals surface area (Å²) in [5, 5.41) is 0. The van der Waals surface area contributed by atoms with Crippen molar-refractivity contribution in [3.63, 3.8) is 0 Å². The first kappa shape index (κ1) is 24.5. The van der Waals surface area contributed by atoms with Crippen LogP contribution in [0.4, 0.5) is 4.39 Å². The third kappa shape index (κ3) is 5.54. The van der Waals surface area contributed by atoms with Gasteiger partial charge in [0.2, 0.25) is 0 Å². The molecule has 0 N–H and O–H groups in total. The molecule has 0 saturated heterocycles. The Labute approximate surface area is 201 Å². The molecule has 2 aliphatic rings. The van der Waals surface area contributed by atoms with E-state index in [1.165, 1.54) is 13.2 Å². The lowest BCUT2D eigenvalue weighted by Crippen LogP contribution is -2.36. The first-order valence-electron chi connectivity index (χ1n) is 12.2. The molecule has 0 radical (unpaired) electrons. The Bertz CT molecular complexity index is 979. The van der Waals surface area contributed by atoms with Gasteiger partial charge < -0.3 is 18.9 Å². The highest BCUT2D eigenvalue weighted by Crippen LogP contribution is 2.46. The van der Waals surface area contributed by atoms with Crippen LogP contribution in [0, 0.1) is 17.7 Å². The van der Waals surface area contributed by atoms with E-state index in [1.807, 2.05) is 12.1 Å². The topological polar surface area (TPSA) is 54.0 Å². The van der Waals surface area contributed by atoms with Crippen molar-refractivity contribution in [3.8, 4) is 11.5 Å². The zero-order valence-corrected chi connectivity index (χ0v) is 20.3. The summed E-state index contributed by atoms with van der Waals surface area (Å²) in [6, 6.07) is 13.0. The highest BCUT2D eigenvalue weighted by Gasteiger charge is 2.39. The average molecular weight is 471 g/mol. The number of rotatable bonds is 10. The van der Waals surface area contributed by atoms with Crippen LogP contribution in [0.3, 0.4) is 0 Å². The minimum atomic E-state index is -0.638. The molecule has 0 aromatic heterocycles. The molecule has 2 saturated carbocycles. The van der Waals surface area contributed by atoms with Crippen molar-refractivity contribution >= 4 is 5.97 Å². The molecule has 34 heavy (non-hydrogen) atoms. The molecule has 2 fully saturated rings. The molecule has 0 aliphatic heterocycles. The zero-order valence-electron chi connectivity index (χ0n) is 20.3. The minimum absolute atomic E-state index is 0.167. The van der Waals surface area contributed by atoms with Gasteiger partial charge in [-0.1, -0.05) is 12.1 Å². The largest absolute Gasteiger partial charge is 0.497 e. The van der Waals surface area contributed by atoms with Crippen LogP contribution in [0.5, 0.6) is 11.5 Å². The Kier molecular flexibility index (Phi) is 7.77. The van der Waals surface area contributed by atoms with Crippen molar-refractivity contribution in [2.75, 3.05) is 27.9 Å². The highest BCUT2D eigenvalue weighted by atomic mass is 19.1. The predicted octanol–water partition coefficient (Wildman–Crippen LogP) is 6.00. The lowest BCUT2D eigenvalue weighted by molar-refractivity contribution is -0.141. The summed E-state index contributed by atoms with van der Waals surface area (Å²) in [4.78, 5) is 11.9. The Morgan fingerprint density at radius 1 is 1.03 bits per heavy atom. The number of methoxy groups -OCH3 is 3. The van der Waals surface area contributed by atoms with Gasteiger partial charge in [-0.25, -0.2) is 4.39 Å². The van der Waals surface area contributed by atoms with Crippen molar-refractivity contribution < 1.29 is 28.1 Å². The monoisotopic (exact) mass is 470 g/mol. The van der Waals surface area contributed by atoms with Crippen LogP contribution in [-0.4, -0.2) is 33.9 Å². The van der Waals surface area contributed by atoms with E-state index in [2.05, 4.69) is 12.1 Å². The molecule has 4 rings (SSSR count). The highest BCUT2D eigenvalue weighted by molar-refractivity contribution is 5.70. The second-order valence-electron chi connectivity index (χ2n) is 9.60. The number of hydrogen-bond acceptors (Lipinski definition) is 5. The van der Waals surface area contributed by atoms with Crippen molar-refractivity contribution in [1.29, 1.82) is 0 Å². The van der Waals surface area contributed by atoms with E-state index in [9.17, 15) is 9.18 Å². The summed E-state index contributed by atoms with van der Waals surface area (Å²) in [7, 11) is 4.69. The molecule has 0 unspecified atom stereocenters. The molecule has 0 amide bonds. The van der Waals surface area contributed by atoms with Crippen LogP contribution in [0.1, 0.15) is 62.0 Å². The first-order valence-corrected chi connectivity index (χ1v) is 12.2. The van der Waals surface area contributed by atoms with Crippen LogP contribution in [0.25, 0.3) is 0 Å². The van der Waals surface area contributed by atoms with Crippen molar-refractivity contribution in [2.24, 2.45) is 11.8 Å². The van der Waals surface area contributed by atoms with Gasteiger partial charge in [-0.05, 0) is 92.2 Å². The average Bonchev–Trinajstić information content (AvgIpc) is 3.72. The van der Waals surface area contributed by atoms with Gasteiger partial charge >= 0.3 is 5.97 Å². The summed E-state index contributed by atoms with van der Waals surface area (Å²) in [5.41, 5.74) is 1.07. The fraction of sp³-hybridized carbons (Fsp3) is 0.536. The molecule has 184 valence electrons. The molecule has 2 aromatic rings. The summed E-state index contributed by atoms with van der Waals surface area (Å²) in [5.74, 6) is 2.14. The van der Waals surface area contributed by atoms with Crippen molar-refractivity contribution in [3.05, 3.63) is 59.4 Å². The van der Waals surface area contributed by atoms with E-state index in [4.69, 9.17) is 18.9 Å². The predicted molar refractivity (Wildman–Crippen MR) is 128 cm³/mol. The van der Waals surface area contributed by atoms with E-state index >= 15 is 0 Å². The molecule has 0 bridgehead atoms. The van der Waals surface area contributed by atoms with E-state index in [0.29, 0.717) is 36.2 Å². The summed E-state index contributed by atoms with van der Waals surface area (Å²) >= 11 is 0. The first-order chi connectivity index (χ1) is 16.5. The lowest BCUT2D eigenvalue weighted by atomic mass is 9.75. The maximum atomic E-state index is 14.7. The second kappa shape index (κ2) is 10.8. The summed E-state index contributed by atoms with van der Waals surface area (Å²) in [6.45, 7) is 0.606. The molecule has 0 spiro atoms. The minimum Gasteiger partial charge on any atom is -0.497 e. The molecule has 5 nitrogen and oxygen atoms in total. The van der Waals surface area contributed by atoms with E-state index in [0.717, 1.165) is 49.8 Å². The number of hydrogen-bond donors (Lipinski definition) is 0. The normalized spacial score (nSPS) is 23.2. The number of esters is 1. The van der Waals surface area contributed by atoms with Gasteiger partial charge in [0.15, 0.2) is 0 Å². The van der Waals surface area contributed by atoms with Crippen molar-refractivity contribution in [2.45, 2.75) is 56.5 Å². The summed E-state index contributed by atoms with van der Waals surface area (Å²) in [6.07, 6.45) is 5.95. The fourth-order valence-corrected chi connectivity index (χ4v) is 5.24. The van der Waals surface area contributed by atoms with E-state index in [1.54, 1.807) is 26.4 Å². The maximum Gasteiger partial charge on any atom is 0.306 e. The van der Waals surface area contributed by atoms with Crippen molar-refractivity contribution in [1.82, 2.24) is 0 Å². The van der Waals surface area contributed by atoms with Crippen LogP contribution in [-0.2, 0) is 19.9 Å². The van der Waals surface area contributed by atoms with Gasteiger partial charge in [0.25, 0.3) is 0 Å². The van der Waals surface area contributed by atoms with Crippen LogP contribution in [0.2, 0.25) is 0 Å². The second-order valence-corrected chi connectivity index (χ2v) is 9.60. The van der Waals surface area contributed by atoms with Gasteiger partial charge in [0.1, 0.15) is 17.3 Å². The van der Waals surface area contributed by atoms with Gasteiger partial charge in [0, 0.05) is 12.7 Å². The smallest absolute Gasteiger partial charge is 0.306 e. The molecule has 0 heterocycles. The molecular formula is C28H35FO5. The third-order valence-electron chi connectivity index (χ3n) is 7.55. The molecule has 1 atom stereocenters. The Morgan fingerprint density at radius 2 is 1.79 bits per heavy atom. The quantitative estimate of drug-likeness (QED) is 0.399. The number of ether oxygens (including phenoxy) is 4. The Balaban J connectivity index is 1.37. The fourth-order valence-electron chi connectivity index (χ4n) is 5.24. The Hall–Kier alpha value is -2.60. The zero-order chi connectivity index (χ0) is 24.1. The standard InChI is InChI=1S/C28H35FO5/c1-31-22-9-10-26(29)25(16-22)28(33-3)13-11-19(12-14-28)18-34-23-6-4-5-21(15-23)24(20-7-8-20)17-27(30)32-2/h4-6,9-10,15-16,19-20,24H,7-8,11-14,17-18H2,1-3H3/t19-,24-,28+/m0/s1. The SMILES string of the molecule is COC(=O)C[C@H](c1cccc(OC[C@H]2CC[C@](OC)(c3cc(OC)ccc3F)CC2)c1)C1CC1. The molecule has 6 heteroatoms. The van der Waals surface area contributed by atoms with Gasteiger partial charge in [-0.3, -0.25) is 4.79 Å². The number of halogens is 1. The van der Waals surface area contributed by atoms with Gasteiger partial charge in [-0.15, -0.1) is 0 Å².